The Balaban J connectivity index is 2.04. The lowest BCUT2D eigenvalue weighted by atomic mass is 9.86. The molecule has 4 nitrogen and oxygen atoms in total. The van der Waals surface area contributed by atoms with E-state index in [0.29, 0.717) is 12.8 Å². The minimum absolute atomic E-state index is 0.238. The van der Waals surface area contributed by atoms with Gasteiger partial charge in [0.1, 0.15) is 0 Å². The van der Waals surface area contributed by atoms with Gasteiger partial charge in [-0.2, -0.15) is 0 Å². The van der Waals surface area contributed by atoms with Crippen molar-refractivity contribution in [3.8, 4) is 11.5 Å². The maximum Gasteiger partial charge on any atom is 0.231 e. The van der Waals surface area contributed by atoms with Gasteiger partial charge >= 0.3 is 0 Å². The fourth-order valence-corrected chi connectivity index (χ4v) is 3.26. The topological polar surface area (TPSA) is 47.7 Å². The summed E-state index contributed by atoms with van der Waals surface area (Å²) in [5, 5.41) is 0. The third-order valence-corrected chi connectivity index (χ3v) is 4.45. The van der Waals surface area contributed by atoms with Crippen molar-refractivity contribution in [2.75, 3.05) is 27.4 Å². The Labute approximate surface area is 114 Å². The highest BCUT2D eigenvalue weighted by Crippen LogP contribution is 2.57. The van der Waals surface area contributed by atoms with Gasteiger partial charge < -0.3 is 20.1 Å². The van der Waals surface area contributed by atoms with E-state index in [2.05, 4.69) is 38.1 Å². The number of nitrogens with two attached hydrogens (primary N) is 1. The summed E-state index contributed by atoms with van der Waals surface area (Å²) >= 11 is 0. The van der Waals surface area contributed by atoms with E-state index >= 15 is 0 Å². The molecule has 1 saturated carbocycles. The molecule has 0 aromatic heterocycles. The summed E-state index contributed by atoms with van der Waals surface area (Å²) in [6.45, 7) is 3.21. The summed E-state index contributed by atoms with van der Waals surface area (Å²) in [7, 11) is 4.26. The Hall–Kier alpha value is -1.26. The Morgan fingerprint density at radius 1 is 1.26 bits per heavy atom. The molecule has 0 amide bonds. The minimum atomic E-state index is 0.238. The van der Waals surface area contributed by atoms with Gasteiger partial charge in [-0.15, -0.1) is 0 Å². The van der Waals surface area contributed by atoms with Crippen LogP contribution in [0.15, 0.2) is 12.1 Å². The molecule has 2 aliphatic rings. The molecule has 1 fully saturated rings. The van der Waals surface area contributed by atoms with Gasteiger partial charge in [-0.25, -0.2) is 0 Å². The van der Waals surface area contributed by atoms with Crippen molar-refractivity contribution in [3.05, 3.63) is 23.3 Å². The van der Waals surface area contributed by atoms with E-state index in [-0.39, 0.29) is 5.41 Å². The predicted molar refractivity (Wildman–Crippen MR) is 74.5 cm³/mol. The number of hydrogen-bond donors (Lipinski definition) is 1. The van der Waals surface area contributed by atoms with Crippen molar-refractivity contribution in [1.82, 2.24) is 4.90 Å². The second-order valence-corrected chi connectivity index (χ2v) is 5.99. The number of benzene rings is 1. The summed E-state index contributed by atoms with van der Waals surface area (Å²) in [4.78, 5) is 2.28. The second kappa shape index (κ2) is 4.39. The van der Waals surface area contributed by atoms with Gasteiger partial charge in [0, 0.05) is 11.5 Å². The first-order chi connectivity index (χ1) is 9.07. The molecule has 3 rings (SSSR count). The molecule has 4 heteroatoms. The lowest BCUT2D eigenvalue weighted by molar-refractivity contribution is 0.173. The van der Waals surface area contributed by atoms with Crippen LogP contribution in [0.4, 0.5) is 0 Å². The van der Waals surface area contributed by atoms with Crippen molar-refractivity contribution in [2.24, 2.45) is 11.1 Å². The number of ether oxygens (including phenoxy) is 2. The first-order valence-electron chi connectivity index (χ1n) is 6.84. The Morgan fingerprint density at radius 2 is 1.89 bits per heavy atom. The molecule has 1 heterocycles. The molecule has 0 bridgehead atoms. The summed E-state index contributed by atoms with van der Waals surface area (Å²) in [6.07, 6.45) is 2.42. The standard InChI is InChI=1S/C15H22N2O2/c1-10-6-12-13(19-9-18-12)7-11(10)14(17(2)3)15(8-16)4-5-15/h6-7,14H,4-5,8-9,16H2,1-3H3. The molecule has 1 aliphatic carbocycles. The summed E-state index contributed by atoms with van der Waals surface area (Å²) in [5.74, 6) is 1.72. The first kappa shape index (κ1) is 12.8. The molecule has 1 aromatic carbocycles. The van der Waals surface area contributed by atoms with Crippen LogP contribution in [-0.4, -0.2) is 32.3 Å². The SMILES string of the molecule is Cc1cc2c(cc1C(N(C)C)C1(CN)CC1)OCO2. The van der Waals surface area contributed by atoms with E-state index in [1.807, 2.05) is 0 Å². The Kier molecular flexibility index (Phi) is 2.95. The van der Waals surface area contributed by atoms with Gasteiger partial charge in [-0.05, 0) is 63.7 Å². The van der Waals surface area contributed by atoms with Gasteiger partial charge in [0.15, 0.2) is 11.5 Å². The number of nitrogens with zero attached hydrogens (tertiary/aromatic N) is 1. The van der Waals surface area contributed by atoms with E-state index in [1.54, 1.807) is 0 Å². The van der Waals surface area contributed by atoms with Crippen LogP contribution in [-0.2, 0) is 0 Å². The number of aryl methyl sites for hydroxylation is 1. The zero-order valence-electron chi connectivity index (χ0n) is 11.9. The van der Waals surface area contributed by atoms with E-state index in [4.69, 9.17) is 15.2 Å². The molecule has 1 aromatic rings. The number of hydrogen-bond acceptors (Lipinski definition) is 4. The zero-order chi connectivity index (χ0) is 13.6. The molecule has 0 radical (unpaired) electrons. The van der Waals surface area contributed by atoms with E-state index < -0.39 is 0 Å². The van der Waals surface area contributed by atoms with Gasteiger partial charge in [-0.1, -0.05) is 0 Å². The third-order valence-electron chi connectivity index (χ3n) is 4.45. The molecule has 2 N–H and O–H groups in total. The normalized spacial score (nSPS) is 20.7. The molecule has 19 heavy (non-hydrogen) atoms. The molecule has 1 unspecified atom stereocenters. The van der Waals surface area contributed by atoms with Crippen molar-refractivity contribution in [2.45, 2.75) is 25.8 Å². The van der Waals surface area contributed by atoms with Crippen LogP contribution in [0.1, 0.15) is 30.0 Å². The van der Waals surface area contributed by atoms with E-state index in [0.717, 1.165) is 18.0 Å². The highest BCUT2D eigenvalue weighted by molar-refractivity contribution is 5.50. The highest BCUT2D eigenvalue weighted by Gasteiger charge is 2.50. The second-order valence-electron chi connectivity index (χ2n) is 5.99. The minimum Gasteiger partial charge on any atom is -0.454 e. The number of fused-ring (bicyclic) bond motifs is 1. The van der Waals surface area contributed by atoms with E-state index in [9.17, 15) is 0 Å². The molecule has 1 atom stereocenters. The fourth-order valence-electron chi connectivity index (χ4n) is 3.26. The fraction of sp³-hybridized carbons (Fsp3) is 0.600. The quantitative estimate of drug-likeness (QED) is 0.902. The van der Waals surface area contributed by atoms with Crippen molar-refractivity contribution in [1.29, 1.82) is 0 Å². The molecule has 104 valence electrons. The van der Waals surface area contributed by atoms with Crippen molar-refractivity contribution in [3.63, 3.8) is 0 Å². The van der Waals surface area contributed by atoms with Crippen LogP contribution >= 0.6 is 0 Å². The smallest absolute Gasteiger partial charge is 0.231 e. The average molecular weight is 262 g/mol. The van der Waals surface area contributed by atoms with Crippen LogP contribution in [0.2, 0.25) is 0 Å². The average Bonchev–Trinajstić information content (AvgIpc) is 3.02. The van der Waals surface area contributed by atoms with Crippen LogP contribution in [0.25, 0.3) is 0 Å². The van der Waals surface area contributed by atoms with Crippen LogP contribution in [0.5, 0.6) is 11.5 Å². The monoisotopic (exact) mass is 262 g/mol. The van der Waals surface area contributed by atoms with Gasteiger partial charge in [-0.3, -0.25) is 0 Å². The first-order valence-corrected chi connectivity index (χ1v) is 6.84. The number of rotatable bonds is 4. The van der Waals surface area contributed by atoms with Gasteiger partial charge in [0.2, 0.25) is 6.79 Å². The largest absolute Gasteiger partial charge is 0.454 e. The van der Waals surface area contributed by atoms with Crippen molar-refractivity contribution >= 4 is 0 Å². The van der Waals surface area contributed by atoms with Crippen LogP contribution < -0.4 is 15.2 Å². The summed E-state index contributed by atoms with van der Waals surface area (Å²) in [5.41, 5.74) is 8.83. The lowest BCUT2D eigenvalue weighted by Crippen LogP contribution is -2.34. The highest BCUT2D eigenvalue weighted by atomic mass is 16.7. The molecule has 0 saturated heterocycles. The Bertz CT molecular complexity index is 495. The lowest BCUT2D eigenvalue weighted by Gasteiger charge is -2.33. The summed E-state index contributed by atoms with van der Waals surface area (Å²) in [6, 6.07) is 4.57. The van der Waals surface area contributed by atoms with Crippen LogP contribution in [0, 0.1) is 12.3 Å². The molecule has 0 spiro atoms. The van der Waals surface area contributed by atoms with Crippen molar-refractivity contribution < 1.29 is 9.47 Å². The zero-order valence-corrected chi connectivity index (χ0v) is 11.9. The maximum absolute atomic E-state index is 6.03. The molecular weight excluding hydrogens is 240 g/mol. The van der Waals surface area contributed by atoms with E-state index in [1.165, 1.54) is 24.0 Å². The predicted octanol–water partition coefficient (Wildman–Crippen LogP) is 2.07. The maximum atomic E-state index is 6.03. The van der Waals surface area contributed by atoms with Gasteiger partial charge in [0.05, 0.1) is 0 Å². The Morgan fingerprint density at radius 3 is 2.42 bits per heavy atom. The molecular formula is C15H22N2O2. The summed E-state index contributed by atoms with van der Waals surface area (Å²) < 4.78 is 11.0. The van der Waals surface area contributed by atoms with Gasteiger partial charge in [0.25, 0.3) is 0 Å². The van der Waals surface area contributed by atoms with Crippen LogP contribution in [0.3, 0.4) is 0 Å². The molecule has 1 aliphatic heterocycles. The third kappa shape index (κ3) is 1.99.